The van der Waals surface area contributed by atoms with Gasteiger partial charge < -0.3 is 11.1 Å². The van der Waals surface area contributed by atoms with Gasteiger partial charge in [0.15, 0.2) is 0 Å². The summed E-state index contributed by atoms with van der Waals surface area (Å²) >= 11 is 0. The summed E-state index contributed by atoms with van der Waals surface area (Å²) in [6.45, 7) is 0. The van der Waals surface area contributed by atoms with Crippen LogP contribution in [0.5, 0.6) is 0 Å². The van der Waals surface area contributed by atoms with Crippen LogP contribution in [0.25, 0.3) is 0 Å². The van der Waals surface area contributed by atoms with Crippen molar-refractivity contribution < 1.29 is 17.4 Å². The third kappa shape index (κ3) is 7.25. The molecule has 6 nitrogen and oxygen atoms in total. The van der Waals surface area contributed by atoms with Gasteiger partial charge in [-0.05, 0) is 24.3 Å². The van der Waals surface area contributed by atoms with Gasteiger partial charge in [0.05, 0.1) is 5.75 Å². The Bertz CT molecular complexity index is 582. The maximum absolute atomic E-state index is 11.6. The number of sulfone groups is 1. The summed E-state index contributed by atoms with van der Waals surface area (Å²) in [5.41, 5.74) is 6.74. The second kappa shape index (κ2) is 7.39. The van der Waals surface area contributed by atoms with E-state index in [1.54, 1.807) is 24.3 Å². The van der Waals surface area contributed by atoms with Crippen LogP contribution in [0.2, 0.25) is 0 Å². The number of nitrogen functional groups attached to an aromatic ring is 1. The van der Waals surface area contributed by atoms with Gasteiger partial charge in [-0.2, -0.15) is 0 Å². The molecule has 1 unspecified atom stereocenters. The van der Waals surface area contributed by atoms with E-state index in [1.165, 1.54) is 0 Å². The van der Waals surface area contributed by atoms with E-state index in [1.807, 2.05) is 0 Å². The smallest absolute Gasteiger partial charge is 0.225 e. The molecule has 1 rings (SSSR count). The molecule has 0 saturated heterocycles. The molecule has 0 fully saturated rings. The molecule has 20 heavy (non-hydrogen) atoms. The zero-order chi connectivity index (χ0) is 15.2. The quantitative estimate of drug-likeness (QED) is 0.707. The van der Waals surface area contributed by atoms with Crippen LogP contribution in [0.4, 0.5) is 11.4 Å². The molecule has 0 saturated carbocycles. The number of anilines is 2. The predicted octanol–water partition coefficient (Wildman–Crippen LogP) is 0.391. The third-order valence-electron chi connectivity index (χ3n) is 2.43. The number of nitrogens with one attached hydrogen (secondary N) is 1. The van der Waals surface area contributed by atoms with E-state index in [0.717, 1.165) is 6.26 Å². The molecule has 0 spiro atoms. The number of hydrogen-bond donors (Lipinski definition) is 2. The maximum Gasteiger partial charge on any atom is 0.225 e. The van der Waals surface area contributed by atoms with Crippen LogP contribution in [-0.4, -0.2) is 42.0 Å². The SMILES string of the molecule is CS(=O)(=O)CCS(=O)CCC(=O)Nc1ccc(N)cc1. The minimum absolute atomic E-state index is 0.0635. The summed E-state index contributed by atoms with van der Waals surface area (Å²) in [5.74, 6) is -0.175. The highest BCUT2D eigenvalue weighted by atomic mass is 32.2. The Morgan fingerprint density at radius 2 is 1.85 bits per heavy atom. The standard InChI is InChI=1S/C12H18N2O4S2/c1-20(17,18)9-8-19(16)7-6-12(15)14-11-4-2-10(13)3-5-11/h2-5H,6-9,13H2,1H3,(H,14,15). The van der Waals surface area contributed by atoms with E-state index in [2.05, 4.69) is 5.32 Å². The predicted molar refractivity (Wildman–Crippen MR) is 81.7 cm³/mol. The molecule has 0 aliphatic carbocycles. The topological polar surface area (TPSA) is 106 Å². The van der Waals surface area contributed by atoms with Crippen LogP contribution in [0.15, 0.2) is 24.3 Å². The highest BCUT2D eigenvalue weighted by Gasteiger charge is 2.09. The van der Waals surface area contributed by atoms with Crippen LogP contribution in [-0.2, 0) is 25.4 Å². The first-order chi connectivity index (χ1) is 9.26. The van der Waals surface area contributed by atoms with Crippen molar-refractivity contribution in [3.05, 3.63) is 24.3 Å². The van der Waals surface area contributed by atoms with Gasteiger partial charge in [0.1, 0.15) is 9.84 Å². The van der Waals surface area contributed by atoms with E-state index >= 15 is 0 Å². The molecule has 3 N–H and O–H groups in total. The average molecular weight is 318 g/mol. The first kappa shape index (κ1) is 16.6. The number of hydrogen-bond acceptors (Lipinski definition) is 5. The minimum Gasteiger partial charge on any atom is -0.399 e. The Labute approximate surface area is 121 Å². The van der Waals surface area contributed by atoms with Crippen molar-refractivity contribution >= 4 is 37.9 Å². The summed E-state index contributed by atoms with van der Waals surface area (Å²) in [6, 6.07) is 6.68. The van der Waals surface area contributed by atoms with Gasteiger partial charge in [-0.1, -0.05) is 0 Å². The van der Waals surface area contributed by atoms with Crippen molar-refractivity contribution in [2.24, 2.45) is 0 Å². The van der Waals surface area contributed by atoms with Crippen molar-refractivity contribution in [1.29, 1.82) is 0 Å². The van der Waals surface area contributed by atoms with Crippen molar-refractivity contribution in [2.45, 2.75) is 6.42 Å². The second-order valence-corrected chi connectivity index (χ2v) is 8.35. The maximum atomic E-state index is 11.6. The highest BCUT2D eigenvalue weighted by Crippen LogP contribution is 2.10. The summed E-state index contributed by atoms with van der Waals surface area (Å²) in [4.78, 5) is 11.6. The number of carbonyl (C=O) groups excluding carboxylic acids is 1. The molecule has 1 aromatic carbocycles. The fraction of sp³-hybridized carbons (Fsp3) is 0.417. The first-order valence-electron chi connectivity index (χ1n) is 5.94. The monoisotopic (exact) mass is 318 g/mol. The van der Waals surface area contributed by atoms with Crippen LogP contribution >= 0.6 is 0 Å². The van der Waals surface area contributed by atoms with Gasteiger partial charge in [0.2, 0.25) is 5.91 Å². The zero-order valence-electron chi connectivity index (χ0n) is 11.2. The largest absolute Gasteiger partial charge is 0.399 e. The molecule has 1 amide bonds. The molecule has 0 bridgehead atoms. The van der Waals surface area contributed by atoms with Crippen molar-refractivity contribution in [2.75, 3.05) is 34.6 Å². The fourth-order valence-electron chi connectivity index (χ4n) is 1.34. The van der Waals surface area contributed by atoms with Crippen molar-refractivity contribution in [3.63, 3.8) is 0 Å². The number of amides is 1. The normalized spacial score (nSPS) is 12.8. The lowest BCUT2D eigenvalue weighted by molar-refractivity contribution is -0.115. The Morgan fingerprint density at radius 1 is 1.25 bits per heavy atom. The molecule has 0 heterocycles. The summed E-state index contributed by atoms with van der Waals surface area (Å²) in [6.07, 6.45) is 1.18. The van der Waals surface area contributed by atoms with Crippen LogP contribution in [0, 0.1) is 0 Å². The van der Waals surface area contributed by atoms with Crippen molar-refractivity contribution in [3.8, 4) is 0 Å². The van der Waals surface area contributed by atoms with Crippen LogP contribution in [0.3, 0.4) is 0 Å². The number of rotatable bonds is 7. The summed E-state index contributed by atoms with van der Waals surface area (Å²) < 4.78 is 33.4. The second-order valence-electron chi connectivity index (χ2n) is 4.40. The number of carbonyl (C=O) groups is 1. The lowest BCUT2D eigenvalue weighted by Crippen LogP contribution is -2.18. The van der Waals surface area contributed by atoms with Gasteiger partial charge in [-0.25, -0.2) is 8.42 Å². The lowest BCUT2D eigenvalue weighted by atomic mass is 10.3. The summed E-state index contributed by atoms with van der Waals surface area (Å²) in [5, 5.41) is 2.65. The Balaban J connectivity index is 2.33. The Hall–Kier alpha value is -1.41. The van der Waals surface area contributed by atoms with Gasteiger partial charge in [-0.3, -0.25) is 9.00 Å². The average Bonchev–Trinajstić information content (AvgIpc) is 2.36. The molecule has 0 aliphatic heterocycles. The molecule has 112 valence electrons. The van der Waals surface area contributed by atoms with E-state index in [4.69, 9.17) is 5.73 Å². The van der Waals surface area contributed by atoms with Crippen LogP contribution in [0.1, 0.15) is 6.42 Å². The lowest BCUT2D eigenvalue weighted by Gasteiger charge is -2.05. The van der Waals surface area contributed by atoms with Gasteiger partial charge in [0, 0.05) is 46.4 Å². The molecule has 0 aromatic heterocycles. The molecule has 1 aromatic rings. The highest BCUT2D eigenvalue weighted by molar-refractivity contribution is 7.92. The molecule has 0 radical (unpaired) electrons. The van der Waals surface area contributed by atoms with E-state index in [-0.39, 0.29) is 29.6 Å². The Kier molecular flexibility index (Phi) is 6.15. The van der Waals surface area contributed by atoms with Crippen LogP contribution < -0.4 is 11.1 Å². The first-order valence-corrected chi connectivity index (χ1v) is 9.49. The Morgan fingerprint density at radius 3 is 2.40 bits per heavy atom. The third-order valence-corrected chi connectivity index (χ3v) is 4.96. The minimum atomic E-state index is -3.12. The molecular weight excluding hydrogens is 300 g/mol. The van der Waals surface area contributed by atoms with Gasteiger partial charge in [-0.15, -0.1) is 0 Å². The van der Waals surface area contributed by atoms with E-state index < -0.39 is 20.6 Å². The fourth-order valence-corrected chi connectivity index (χ4v) is 3.91. The number of nitrogens with two attached hydrogens (primary N) is 1. The van der Waals surface area contributed by atoms with E-state index in [9.17, 15) is 17.4 Å². The molecule has 1 atom stereocenters. The van der Waals surface area contributed by atoms with Crippen molar-refractivity contribution in [1.82, 2.24) is 0 Å². The van der Waals surface area contributed by atoms with Gasteiger partial charge in [0.25, 0.3) is 0 Å². The molecular formula is C12H18N2O4S2. The zero-order valence-corrected chi connectivity index (χ0v) is 12.8. The molecule has 8 heteroatoms. The summed E-state index contributed by atoms with van der Waals surface area (Å²) in [7, 11) is -4.42. The molecule has 0 aliphatic rings. The van der Waals surface area contributed by atoms with E-state index in [0.29, 0.717) is 11.4 Å². The van der Waals surface area contributed by atoms with Gasteiger partial charge >= 0.3 is 0 Å². The number of benzene rings is 1.